The van der Waals surface area contributed by atoms with E-state index in [-0.39, 0.29) is 0 Å². The first kappa shape index (κ1) is 12.9. The van der Waals surface area contributed by atoms with E-state index in [1.165, 1.54) is 20.2 Å². The molecule has 0 aliphatic heterocycles. The van der Waals surface area contributed by atoms with Gasteiger partial charge >= 0.3 is 0 Å². The molecule has 4 rings (SSSR count). The molecular formula is C18H12BrNS. The average Bonchev–Trinajstić information content (AvgIpc) is 2.89. The standard InChI is InChI=1S/C18H12BrNS/c19-14-8-2-3-9-15(14)20-16-10-5-7-13-12-6-1-4-11-17(12)21-18(13)16/h1-11,20H. The molecule has 3 heteroatoms. The lowest BCUT2D eigenvalue weighted by Crippen LogP contribution is -1.90. The summed E-state index contributed by atoms with van der Waals surface area (Å²) in [6.07, 6.45) is 0. The zero-order chi connectivity index (χ0) is 14.2. The number of rotatable bonds is 2. The highest BCUT2D eigenvalue weighted by atomic mass is 79.9. The van der Waals surface area contributed by atoms with Gasteiger partial charge in [0, 0.05) is 19.9 Å². The number of nitrogens with one attached hydrogen (secondary N) is 1. The number of benzene rings is 3. The van der Waals surface area contributed by atoms with E-state index in [4.69, 9.17) is 0 Å². The van der Waals surface area contributed by atoms with Crippen molar-refractivity contribution in [1.82, 2.24) is 0 Å². The highest BCUT2D eigenvalue weighted by Crippen LogP contribution is 2.39. The smallest absolute Gasteiger partial charge is 0.0590 e. The summed E-state index contributed by atoms with van der Waals surface area (Å²) >= 11 is 5.43. The average molecular weight is 354 g/mol. The predicted molar refractivity (Wildman–Crippen MR) is 96.8 cm³/mol. The summed E-state index contributed by atoms with van der Waals surface area (Å²) in [6.45, 7) is 0. The maximum Gasteiger partial charge on any atom is 0.0590 e. The van der Waals surface area contributed by atoms with Crippen LogP contribution in [0.15, 0.2) is 71.2 Å². The third-order valence-corrected chi connectivity index (χ3v) is 5.46. The Bertz CT molecular complexity index is 942. The molecule has 4 aromatic rings. The monoisotopic (exact) mass is 353 g/mol. The van der Waals surface area contributed by atoms with Crippen LogP contribution >= 0.6 is 27.3 Å². The van der Waals surface area contributed by atoms with E-state index >= 15 is 0 Å². The zero-order valence-corrected chi connectivity index (χ0v) is 13.5. The first-order valence-electron chi connectivity index (χ1n) is 6.75. The molecule has 0 aliphatic rings. The van der Waals surface area contributed by atoms with Gasteiger partial charge in [0.1, 0.15) is 0 Å². The Kier molecular flexibility index (Phi) is 3.17. The fourth-order valence-corrected chi connectivity index (χ4v) is 4.11. The number of hydrogen-bond donors (Lipinski definition) is 1. The maximum atomic E-state index is 3.59. The second-order valence-corrected chi connectivity index (χ2v) is 6.79. The molecule has 0 atom stereocenters. The van der Waals surface area contributed by atoms with E-state index in [1.807, 2.05) is 29.5 Å². The van der Waals surface area contributed by atoms with Crippen LogP contribution in [-0.2, 0) is 0 Å². The molecule has 0 aliphatic carbocycles. The van der Waals surface area contributed by atoms with Crippen molar-refractivity contribution in [3.8, 4) is 0 Å². The first-order chi connectivity index (χ1) is 10.3. The molecule has 1 aromatic heterocycles. The third kappa shape index (κ3) is 2.23. The summed E-state index contributed by atoms with van der Waals surface area (Å²) in [4.78, 5) is 0. The molecule has 0 saturated heterocycles. The molecule has 1 nitrogen and oxygen atoms in total. The van der Waals surface area contributed by atoms with Gasteiger partial charge in [-0.1, -0.05) is 42.5 Å². The van der Waals surface area contributed by atoms with Crippen molar-refractivity contribution in [2.24, 2.45) is 0 Å². The van der Waals surface area contributed by atoms with Crippen molar-refractivity contribution in [3.05, 3.63) is 71.2 Å². The predicted octanol–water partition coefficient (Wildman–Crippen LogP) is 6.56. The summed E-state index contributed by atoms with van der Waals surface area (Å²) in [6, 6.07) is 23.2. The van der Waals surface area contributed by atoms with E-state index in [2.05, 4.69) is 69.8 Å². The van der Waals surface area contributed by atoms with E-state index < -0.39 is 0 Å². The largest absolute Gasteiger partial charge is 0.353 e. The van der Waals surface area contributed by atoms with Crippen molar-refractivity contribution >= 4 is 58.8 Å². The van der Waals surface area contributed by atoms with Crippen molar-refractivity contribution in [1.29, 1.82) is 0 Å². The Hall–Kier alpha value is -1.84. The molecule has 0 amide bonds. The number of hydrogen-bond acceptors (Lipinski definition) is 2. The number of thiophene rings is 1. The summed E-state index contributed by atoms with van der Waals surface area (Å²) in [5, 5.41) is 6.18. The fourth-order valence-electron chi connectivity index (χ4n) is 2.55. The van der Waals surface area contributed by atoms with Crippen LogP contribution in [0.2, 0.25) is 0 Å². The molecule has 0 bridgehead atoms. The van der Waals surface area contributed by atoms with Crippen LogP contribution in [0.4, 0.5) is 11.4 Å². The van der Waals surface area contributed by atoms with Crippen LogP contribution in [0.5, 0.6) is 0 Å². The Labute approximate surface area is 135 Å². The zero-order valence-electron chi connectivity index (χ0n) is 11.1. The molecule has 0 spiro atoms. The van der Waals surface area contributed by atoms with Crippen molar-refractivity contribution in [2.75, 3.05) is 5.32 Å². The minimum Gasteiger partial charge on any atom is -0.353 e. The van der Waals surface area contributed by atoms with Crippen LogP contribution in [0.3, 0.4) is 0 Å². The highest BCUT2D eigenvalue weighted by Gasteiger charge is 2.09. The lowest BCUT2D eigenvalue weighted by Gasteiger charge is -2.09. The summed E-state index contributed by atoms with van der Waals surface area (Å²) in [5.41, 5.74) is 2.24. The first-order valence-corrected chi connectivity index (χ1v) is 8.36. The van der Waals surface area contributed by atoms with Crippen molar-refractivity contribution in [2.45, 2.75) is 0 Å². The molecule has 0 unspecified atom stereocenters. The molecule has 21 heavy (non-hydrogen) atoms. The van der Waals surface area contributed by atoms with Gasteiger partial charge in [-0.15, -0.1) is 11.3 Å². The molecule has 3 aromatic carbocycles. The molecular weight excluding hydrogens is 342 g/mol. The minimum absolute atomic E-state index is 1.07. The second-order valence-electron chi connectivity index (χ2n) is 4.89. The van der Waals surface area contributed by atoms with Crippen LogP contribution in [0.25, 0.3) is 20.2 Å². The van der Waals surface area contributed by atoms with Gasteiger partial charge in [-0.05, 0) is 40.2 Å². The van der Waals surface area contributed by atoms with E-state index in [9.17, 15) is 0 Å². The topological polar surface area (TPSA) is 12.0 Å². The van der Waals surface area contributed by atoms with Gasteiger partial charge in [-0.2, -0.15) is 0 Å². The fraction of sp³-hybridized carbons (Fsp3) is 0. The minimum atomic E-state index is 1.07. The Balaban J connectivity index is 1.91. The van der Waals surface area contributed by atoms with Crippen LogP contribution < -0.4 is 5.32 Å². The quantitative estimate of drug-likeness (QED) is 0.430. The number of fused-ring (bicyclic) bond motifs is 3. The van der Waals surface area contributed by atoms with Gasteiger partial charge in [-0.3, -0.25) is 0 Å². The van der Waals surface area contributed by atoms with Crippen LogP contribution in [0, 0.1) is 0 Å². The van der Waals surface area contributed by atoms with E-state index in [0.29, 0.717) is 0 Å². The van der Waals surface area contributed by atoms with Crippen molar-refractivity contribution in [3.63, 3.8) is 0 Å². The highest BCUT2D eigenvalue weighted by molar-refractivity contribution is 9.10. The Morgan fingerprint density at radius 2 is 1.43 bits per heavy atom. The SMILES string of the molecule is Brc1ccccc1Nc1cccc2c1sc1ccccc12. The van der Waals surface area contributed by atoms with Gasteiger partial charge in [0.2, 0.25) is 0 Å². The molecule has 0 radical (unpaired) electrons. The van der Waals surface area contributed by atoms with Crippen molar-refractivity contribution < 1.29 is 0 Å². The molecule has 1 N–H and O–H groups in total. The van der Waals surface area contributed by atoms with Gasteiger partial charge in [-0.25, -0.2) is 0 Å². The number of para-hydroxylation sites is 1. The van der Waals surface area contributed by atoms with Crippen LogP contribution in [-0.4, -0.2) is 0 Å². The van der Waals surface area contributed by atoms with Crippen LogP contribution in [0.1, 0.15) is 0 Å². The van der Waals surface area contributed by atoms with E-state index in [1.54, 1.807) is 0 Å². The summed E-state index contributed by atoms with van der Waals surface area (Å²) < 4.78 is 3.70. The third-order valence-electron chi connectivity index (χ3n) is 3.55. The van der Waals surface area contributed by atoms with Gasteiger partial charge in [0.05, 0.1) is 16.1 Å². The lowest BCUT2D eigenvalue weighted by molar-refractivity contribution is 1.55. The van der Waals surface area contributed by atoms with Gasteiger partial charge in [0.25, 0.3) is 0 Å². The van der Waals surface area contributed by atoms with E-state index in [0.717, 1.165) is 15.8 Å². The molecule has 0 fully saturated rings. The molecule has 1 heterocycles. The molecule has 0 saturated carbocycles. The normalized spacial score (nSPS) is 11.1. The Morgan fingerprint density at radius 1 is 0.714 bits per heavy atom. The number of halogens is 1. The molecule has 102 valence electrons. The summed E-state index contributed by atoms with van der Waals surface area (Å²) in [5.74, 6) is 0. The van der Waals surface area contributed by atoms with Gasteiger partial charge < -0.3 is 5.32 Å². The Morgan fingerprint density at radius 3 is 2.33 bits per heavy atom. The number of anilines is 2. The maximum absolute atomic E-state index is 3.59. The lowest BCUT2D eigenvalue weighted by atomic mass is 10.1. The summed E-state index contributed by atoms with van der Waals surface area (Å²) in [7, 11) is 0. The second kappa shape index (κ2) is 5.17. The van der Waals surface area contributed by atoms with Gasteiger partial charge in [0.15, 0.2) is 0 Å².